The number of likely N-dealkylation sites (N-methyl/N-ethyl adjacent to an activating group) is 1. The zero-order chi connectivity index (χ0) is 15.4. The van der Waals surface area contributed by atoms with Crippen LogP contribution in [-0.4, -0.2) is 51.0 Å². The molecule has 1 aromatic carbocycles. The molecular formula is C14H19N5O2. The van der Waals surface area contributed by atoms with Crippen molar-refractivity contribution in [1.82, 2.24) is 19.7 Å². The molecule has 0 aliphatic carbocycles. The number of aryl methyl sites for hydroxylation is 2. The first kappa shape index (κ1) is 15.0. The van der Waals surface area contributed by atoms with Crippen molar-refractivity contribution in [2.45, 2.75) is 13.8 Å². The van der Waals surface area contributed by atoms with Gasteiger partial charge in [0, 0.05) is 13.6 Å². The number of rotatable bonds is 4. The summed E-state index contributed by atoms with van der Waals surface area (Å²) in [7, 11) is 1.62. The van der Waals surface area contributed by atoms with Crippen molar-refractivity contribution >= 4 is 11.7 Å². The topological polar surface area (TPSA) is 83.3 Å². The molecule has 0 aliphatic heterocycles. The Morgan fingerprint density at radius 3 is 2.71 bits per heavy atom. The third-order valence-electron chi connectivity index (χ3n) is 3.03. The maximum atomic E-state index is 12.0. The number of para-hydroxylation sites is 2. The van der Waals surface area contributed by atoms with Crippen LogP contribution in [0.5, 0.6) is 0 Å². The molecule has 2 amide bonds. The van der Waals surface area contributed by atoms with E-state index >= 15 is 0 Å². The van der Waals surface area contributed by atoms with Crippen molar-refractivity contribution in [3.8, 4) is 5.69 Å². The summed E-state index contributed by atoms with van der Waals surface area (Å²) in [6, 6.07) is 7.09. The van der Waals surface area contributed by atoms with Gasteiger partial charge in [0.25, 0.3) is 0 Å². The fourth-order valence-corrected chi connectivity index (χ4v) is 1.98. The summed E-state index contributed by atoms with van der Waals surface area (Å²) in [5, 5.41) is 16.0. The van der Waals surface area contributed by atoms with Gasteiger partial charge in [-0.05, 0) is 26.0 Å². The largest absolute Gasteiger partial charge is 0.395 e. The summed E-state index contributed by atoms with van der Waals surface area (Å²) < 4.78 is 1.69. The number of aromatic nitrogens is 3. The van der Waals surface area contributed by atoms with E-state index in [4.69, 9.17) is 5.11 Å². The highest BCUT2D eigenvalue weighted by Crippen LogP contribution is 2.20. The van der Waals surface area contributed by atoms with Crippen molar-refractivity contribution in [2.24, 2.45) is 0 Å². The molecule has 0 spiro atoms. The van der Waals surface area contributed by atoms with Crippen molar-refractivity contribution in [2.75, 3.05) is 25.5 Å². The zero-order valence-corrected chi connectivity index (χ0v) is 12.4. The molecule has 112 valence electrons. The van der Waals surface area contributed by atoms with Crippen molar-refractivity contribution in [3.05, 3.63) is 35.9 Å². The average Bonchev–Trinajstić information content (AvgIpc) is 2.78. The number of aliphatic hydroxyl groups is 1. The van der Waals surface area contributed by atoms with Crippen molar-refractivity contribution in [1.29, 1.82) is 0 Å². The Morgan fingerprint density at radius 1 is 1.38 bits per heavy atom. The number of nitrogens with zero attached hydrogens (tertiary/aromatic N) is 4. The minimum Gasteiger partial charge on any atom is -0.395 e. The standard InChI is InChI=1S/C14H19N5O2/c1-10-15-11(2)19(17-10)13-7-5-4-6-12(13)16-14(21)18(3)8-9-20/h4-7,20H,8-9H2,1-3H3,(H,16,21). The minimum atomic E-state index is -0.286. The second kappa shape index (κ2) is 6.36. The molecule has 2 aromatic rings. The van der Waals surface area contributed by atoms with Gasteiger partial charge in [0.1, 0.15) is 11.6 Å². The molecule has 0 atom stereocenters. The minimum absolute atomic E-state index is 0.0764. The van der Waals surface area contributed by atoms with Crippen LogP contribution in [0.15, 0.2) is 24.3 Å². The van der Waals surface area contributed by atoms with Gasteiger partial charge in [-0.25, -0.2) is 14.5 Å². The summed E-state index contributed by atoms with van der Waals surface area (Å²) in [5.74, 6) is 1.42. The fourth-order valence-electron chi connectivity index (χ4n) is 1.98. The number of aliphatic hydroxyl groups excluding tert-OH is 1. The molecule has 1 aromatic heterocycles. The predicted molar refractivity (Wildman–Crippen MR) is 79.6 cm³/mol. The van der Waals surface area contributed by atoms with E-state index < -0.39 is 0 Å². The van der Waals surface area contributed by atoms with Crippen LogP contribution in [0.25, 0.3) is 5.69 Å². The Bertz CT molecular complexity index is 638. The molecule has 21 heavy (non-hydrogen) atoms. The van der Waals surface area contributed by atoms with E-state index in [1.807, 2.05) is 32.0 Å². The number of amides is 2. The van der Waals surface area contributed by atoms with Crippen LogP contribution in [-0.2, 0) is 0 Å². The number of carbonyl (C=O) groups is 1. The second-order valence-electron chi connectivity index (χ2n) is 4.71. The van der Waals surface area contributed by atoms with Gasteiger partial charge >= 0.3 is 6.03 Å². The molecule has 0 saturated carbocycles. The van der Waals surface area contributed by atoms with Gasteiger partial charge in [-0.15, -0.1) is 0 Å². The smallest absolute Gasteiger partial charge is 0.321 e. The van der Waals surface area contributed by atoms with Crippen molar-refractivity contribution in [3.63, 3.8) is 0 Å². The summed E-state index contributed by atoms with van der Waals surface area (Å²) in [6.07, 6.45) is 0. The highest BCUT2D eigenvalue weighted by molar-refractivity contribution is 5.91. The molecule has 7 heteroatoms. The van der Waals surface area contributed by atoms with Gasteiger partial charge in [0.15, 0.2) is 0 Å². The van der Waals surface area contributed by atoms with E-state index in [1.165, 1.54) is 4.90 Å². The highest BCUT2D eigenvalue weighted by atomic mass is 16.3. The summed E-state index contributed by atoms with van der Waals surface area (Å²) >= 11 is 0. The molecule has 7 nitrogen and oxygen atoms in total. The van der Waals surface area contributed by atoms with Crippen molar-refractivity contribution < 1.29 is 9.90 Å². The molecule has 0 saturated heterocycles. The van der Waals surface area contributed by atoms with E-state index in [9.17, 15) is 4.79 Å². The third-order valence-corrected chi connectivity index (χ3v) is 3.03. The van der Waals surface area contributed by atoms with E-state index in [2.05, 4.69) is 15.4 Å². The lowest BCUT2D eigenvalue weighted by molar-refractivity contribution is 0.202. The number of carbonyl (C=O) groups excluding carboxylic acids is 1. The lowest BCUT2D eigenvalue weighted by Crippen LogP contribution is -2.33. The predicted octanol–water partition coefficient (Wildman–Crippen LogP) is 1.34. The summed E-state index contributed by atoms with van der Waals surface area (Å²) in [5.41, 5.74) is 1.39. The Balaban J connectivity index is 2.29. The fraction of sp³-hybridized carbons (Fsp3) is 0.357. The van der Waals surface area contributed by atoms with Crippen LogP contribution < -0.4 is 5.32 Å². The van der Waals surface area contributed by atoms with Crippen LogP contribution >= 0.6 is 0 Å². The van der Waals surface area contributed by atoms with E-state index in [0.29, 0.717) is 11.5 Å². The number of benzene rings is 1. The number of hydrogen-bond acceptors (Lipinski definition) is 4. The first-order valence-electron chi connectivity index (χ1n) is 6.65. The Morgan fingerprint density at radius 2 is 2.10 bits per heavy atom. The van der Waals surface area contributed by atoms with Crippen LogP contribution in [0.4, 0.5) is 10.5 Å². The molecule has 0 fully saturated rings. The molecule has 0 bridgehead atoms. The number of urea groups is 1. The van der Waals surface area contributed by atoms with Crippen LogP contribution in [0.3, 0.4) is 0 Å². The van der Waals surface area contributed by atoms with E-state index in [0.717, 1.165) is 11.5 Å². The van der Waals surface area contributed by atoms with Gasteiger partial charge in [-0.1, -0.05) is 12.1 Å². The van der Waals surface area contributed by atoms with Crippen LogP contribution in [0.1, 0.15) is 11.6 Å². The Hall–Kier alpha value is -2.41. The summed E-state index contributed by atoms with van der Waals surface area (Å²) in [6.45, 7) is 3.87. The molecule has 2 N–H and O–H groups in total. The quantitative estimate of drug-likeness (QED) is 0.889. The van der Waals surface area contributed by atoms with Gasteiger partial charge in [0.2, 0.25) is 0 Å². The number of hydrogen-bond donors (Lipinski definition) is 2. The van der Waals surface area contributed by atoms with Crippen LogP contribution in [0.2, 0.25) is 0 Å². The number of nitrogens with one attached hydrogen (secondary N) is 1. The molecule has 2 rings (SSSR count). The molecule has 0 unspecified atom stereocenters. The van der Waals surface area contributed by atoms with Crippen LogP contribution in [0, 0.1) is 13.8 Å². The molecule has 1 heterocycles. The first-order valence-corrected chi connectivity index (χ1v) is 6.65. The Kier molecular flexibility index (Phi) is 4.54. The van der Waals surface area contributed by atoms with E-state index in [-0.39, 0.29) is 19.2 Å². The van der Waals surface area contributed by atoms with Gasteiger partial charge < -0.3 is 15.3 Å². The van der Waals surface area contributed by atoms with E-state index in [1.54, 1.807) is 17.8 Å². The normalized spacial score (nSPS) is 10.5. The van der Waals surface area contributed by atoms with Gasteiger partial charge in [0.05, 0.1) is 18.0 Å². The highest BCUT2D eigenvalue weighted by Gasteiger charge is 2.13. The Labute approximate surface area is 123 Å². The third kappa shape index (κ3) is 3.38. The lowest BCUT2D eigenvalue weighted by atomic mass is 10.2. The zero-order valence-electron chi connectivity index (χ0n) is 12.4. The second-order valence-corrected chi connectivity index (χ2v) is 4.71. The molecular weight excluding hydrogens is 270 g/mol. The monoisotopic (exact) mass is 289 g/mol. The molecule has 0 aliphatic rings. The maximum Gasteiger partial charge on any atom is 0.321 e. The molecule has 0 radical (unpaired) electrons. The summed E-state index contributed by atoms with van der Waals surface area (Å²) in [4.78, 5) is 17.7. The SMILES string of the molecule is Cc1nc(C)n(-c2ccccc2NC(=O)N(C)CCO)n1. The first-order chi connectivity index (χ1) is 10.0. The lowest BCUT2D eigenvalue weighted by Gasteiger charge is -2.18. The number of anilines is 1. The van der Waals surface area contributed by atoms with Gasteiger partial charge in [-0.3, -0.25) is 0 Å². The average molecular weight is 289 g/mol. The maximum absolute atomic E-state index is 12.0. The van der Waals surface area contributed by atoms with Gasteiger partial charge in [-0.2, -0.15) is 5.10 Å².